The van der Waals surface area contributed by atoms with E-state index in [2.05, 4.69) is 23.6 Å². The fourth-order valence-electron chi connectivity index (χ4n) is 1.53. The van der Waals surface area contributed by atoms with E-state index in [-0.39, 0.29) is 12.6 Å². The average molecular weight is 267 g/mol. The third-order valence-corrected chi connectivity index (χ3v) is 2.48. The van der Waals surface area contributed by atoms with Gasteiger partial charge in [0.15, 0.2) is 0 Å². The Morgan fingerprint density at radius 2 is 2.00 bits per heavy atom. The minimum atomic E-state index is -4.23. The van der Waals surface area contributed by atoms with E-state index in [4.69, 9.17) is 0 Å². The van der Waals surface area contributed by atoms with Gasteiger partial charge in [0.25, 0.3) is 0 Å². The van der Waals surface area contributed by atoms with Crippen LogP contribution in [0.1, 0.15) is 39.5 Å². The summed E-state index contributed by atoms with van der Waals surface area (Å²) in [4.78, 5) is 0. The summed E-state index contributed by atoms with van der Waals surface area (Å²) in [7, 11) is 0. The Balaban J connectivity index is 3.81. The van der Waals surface area contributed by atoms with Gasteiger partial charge in [-0.05, 0) is 39.2 Å². The molecular weight excluding hydrogens is 243 g/mol. The fraction of sp³-hybridized carbons (Fsp3) is 0.846. The first-order valence-electron chi connectivity index (χ1n) is 6.37. The van der Waals surface area contributed by atoms with Crippen LogP contribution in [-0.2, 0) is 4.74 Å². The molecule has 0 aliphatic heterocycles. The number of allylic oxidation sites excluding steroid dienone is 1. The van der Waals surface area contributed by atoms with Gasteiger partial charge in [-0.1, -0.05) is 12.5 Å². The quantitative estimate of drug-likeness (QED) is 0.481. The van der Waals surface area contributed by atoms with Gasteiger partial charge in [-0.2, -0.15) is 13.2 Å². The molecule has 0 aliphatic carbocycles. The van der Waals surface area contributed by atoms with Crippen molar-refractivity contribution >= 4 is 0 Å². The van der Waals surface area contributed by atoms with Gasteiger partial charge in [0.1, 0.15) is 6.61 Å². The monoisotopic (exact) mass is 267 g/mol. The molecule has 0 aromatic rings. The van der Waals surface area contributed by atoms with Crippen molar-refractivity contribution < 1.29 is 17.9 Å². The van der Waals surface area contributed by atoms with Crippen LogP contribution in [0.3, 0.4) is 0 Å². The van der Waals surface area contributed by atoms with E-state index >= 15 is 0 Å². The number of rotatable bonds is 10. The van der Waals surface area contributed by atoms with Crippen LogP contribution in [0.15, 0.2) is 12.2 Å². The van der Waals surface area contributed by atoms with Crippen molar-refractivity contribution in [3.63, 3.8) is 0 Å². The van der Waals surface area contributed by atoms with Crippen LogP contribution in [0.2, 0.25) is 0 Å². The highest BCUT2D eigenvalue weighted by atomic mass is 19.4. The zero-order chi connectivity index (χ0) is 14.0. The Morgan fingerprint density at radius 3 is 2.50 bits per heavy atom. The predicted molar refractivity (Wildman–Crippen MR) is 67.6 cm³/mol. The Bertz CT molecular complexity index is 229. The largest absolute Gasteiger partial charge is 0.411 e. The van der Waals surface area contributed by atoms with Gasteiger partial charge >= 0.3 is 6.18 Å². The summed E-state index contributed by atoms with van der Waals surface area (Å²) < 4.78 is 40.3. The molecule has 0 aromatic heterocycles. The van der Waals surface area contributed by atoms with Crippen molar-refractivity contribution in [2.75, 3.05) is 19.8 Å². The standard InChI is InChI=1S/C13H24F3NO/c1-4-8-17-12(6-5-11(2)3)7-9-18-10-13(14,15)16/h12,17H,2,4-10H2,1,3H3. The van der Waals surface area contributed by atoms with E-state index in [1.165, 1.54) is 0 Å². The first kappa shape index (κ1) is 17.4. The van der Waals surface area contributed by atoms with Crippen molar-refractivity contribution in [1.82, 2.24) is 5.32 Å². The highest BCUT2D eigenvalue weighted by Crippen LogP contribution is 2.15. The molecule has 1 unspecified atom stereocenters. The number of halogens is 3. The number of hydrogen-bond donors (Lipinski definition) is 1. The normalized spacial score (nSPS) is 13.6. The molecule has 0 saturated heterocycles. The summed E-state index contributed by atoms with van der Waals surface area (Å²) in [6.07, 6.45) is -0.842. The van der Waals surface area contributed by atoms with Crippen molar-refractivity contribution in [2.24, 2.45) is 0 Å². The summed E-state index contributed by atoms with van der Waals surface area (Å²) in [6, 6.07) is 0.204. The SMILES string of the molecule is C=C(C)CCC(CCOCC(F)(F)F)NCCC. The van der Waals surface area contributed by atoms with Crippen LogP contribution in [0, 0.1) is 0 Å². The van der Waals surface area contributed by atoms with Crippen LogP contribution < -0.4 is 5.32 Å². The second kappa shape index (κ2) is 9.39. The molecule has 0 saturated carbocycles. The predicted octanol–water partition coefficient (Wildman–Crippen LogP) is 3.68. The Hall–Kier alpha value is -0.550. The lowest BCUT2D eigenvalue weighted by Gasteiger charge is -2.18. The van der Waals surface area contributed by atoms with Crippen molar-refractivity contribution in [3.8, 4) is 0 Å². The van der Waals surface area contributed by atoms with Crippen molar-refractivity contribution in [2.45, 2.75) is 51.7 Å². The van der Waals surface area contributed by atoms with Gasteiger partial charge in [-0.25, -0.2) is 0 Å². The van der Waals surface area contributed by atoms with Crippen molar-refractivity contribution in [1.29, 1.82) is 0 Å². The van der Waals surface area contributed by atoms with E-state index in [0.29, 0.717) is 6.42 Å². The number of nitrogens with one attached hydrogen (secondary N) is 1. The number of hydrogen-bond acceptors (Lipinski definition) is 2. The van der Waals surface area contributed by atoms with E-state index in [1.807, 2.05) is 6.92 Å². The average Bonchev–Trinajstić information content (AvgIpc) is 2.25. The second-order valence-electron chi connectivity index (χ2n) is 4.60. The third-order valence-electron chi connectivity index (χ3n) is 2.48. The van der Waals surface area contributed by atoms with Gasteiger partial charge in [0, 0.05) is 12.6 Å². The minimum absolute atomic E-state index is 0.136. The molecule has 0 aromatic carbocycles. The Labute approximate surface area is 108 Å². The first-order valence-corrected chi connectivity index (χ1v) is 6.37. The summed E-state index contributed by atoms with van der Waals surface area (Å²) in [6.45, 7) is 7.69. The molecule has 1 N–H and O–H groups in total. The van der Waals surface area contributed by atoms with E-state index < -0.39 is 12.8 Å². The molecule has 5 heteroatoms. The molecule has 0 bridgehead atoms. The molecule has 0 spiro atoms. The molecular formula is C13H24F3NO. The van der Waals surface area contributed by atoms with Gasteiger partial charge in [-0.15, -0.1) is 6.58 Å². The highest BCUT2D eigenvalue weighted by molar-refractivity contribution is 4.89. The summed E-state index contributed by atoms with van der Waals surface area (Å²) in [5, 5.41) is 3.32. The van der Waals surface area contributed by atoms with Crippen LogP contribution in [0.5, 0.6) is 0 Å². The molecule has 0 aliphatic rings. The number of ether oxygens (including phenoxy) is 1. The maximum atomic E-state index is 11.9. The molecule has 0 amide bonds. The Kier molecular flexibility index (Phi) is 9.10. The van der Waals surface area contributed by atoms with Gasteiger partial charge in [-0.3, -0.25) is 0 Å². The smallest absolute Gasteiger partial charge is 0.372 e. The van der Waals surface area contributed by atoms with Gasteiger partial charge < -0.3 is 10.1 Å². The van der Waals surface area contributed by atoms with Gasteiger partial charge in [0.2, 0.25) is 0 Å². The Morgan fingerprint density at radius 1 is 1.33 bits per heavy atom. The molecule has 0 radical (unpaired) electrons. The molecule has 0 rings (SSSR count). The molecule has 108 valence electrons. The first-order chi connectivity index (χ1) is 8.35. The fourth-order valence-corrected chi connectivity index (χ4v) is 1.53. The zero-order valence-electron chi connectivity index (χ0n) is 11.3. The van der Waals surface area contributed by atoms with Crippen LogP contribution in [0.25, 0.3) is 0 Å². The van der Waals surface area contributed by atoms with Crippen molar-refractivity contribution in [3.05, 3.63) is 12.2 Å². The van der Waals surface area contributed by atoms with E-state index in [1.54, 1.807) is 0 Å². The molecule has 0 heterocycles. The maximum Gasteiger partial charge on any atom is 0.411 e. The molecule has 0 fully saturated rings. The lowest BCUT2D eigenvalue weighted by molar-refractivity contribution is -0.174. The highest BCUT2D eigenvalue weighted by Gasteiger charge is 2.27. The second-order valence-corrected chi connectivity index (χ2v) is 4.60. The molecule has 18 heavy (non-hydrogen) atoms. The molecule has 1 atom stereocenters. The minimum Gasteiger partial charge on any atom is -0.372 e. The molecule has 2 nitrogen and oxygen atoms in total. The summed E-state index contributed by atoms with van der Waals surface area (Å²) in [5.41, 5.74) is 1.09. The lowest BCUT2D eigenvalue weighted by atomic mass is 10.1. The van der Waals surface area contributed by atoms with Crippen LogP contribution >= 0.6 is 0 Å². The van der Waals surface area contributed by atoms with E-state index in [0.717, 1.165) is 31.4 Å². The summed E-state index contributed by atoms with van der Waals surface area (Å²) >= 11 is 0. The van der Waals surface area contributed by atoms with E-state index in [9.17, 15) is 13.2 Å². The van der Waals surface area contributed by atoms with Crippen LogP contribution in [0.4, 0.5) is 13.2 Å². The summed E-state index contributed by atoms with van der Waals surface area (Å²) in [5.74, 6) is 0. The lowest BCUT2D eigenvalue weighted by Crippen LogP contribution is -2.31. The zero-order valence-corrected chi connectivity index (χ0v) is 11.3. The topological polar surface area (TPSA) is 21.3 Å². The number of alkyl halides is 3. The third kappa shape index (κ3) is 11.9. The maximum absolute atomic E-state index is 11.9. The van der Waals surface area contributed by atoms with Gasteiger partial charge in [0.05, 0.1) is 0 Å². The van der Waals surface area contributed by atoms with Crippen LogP contribution in [-0.4, -0.2) is 32.0 Å².